The molecular formula is C18H18N2O2. The average Bonchev–Trinajstić information content (AvgIpc) is 2.52. The zero-order valence-corrected chi connectivity index (χ0v) is 12.6. The van der Waals surface area contributed by atoms with Crippen LogP contribution >= 0.6 is 0 Å². The molecule has 0 amide bonds. The minimum atomic E-state index is 0.0340. The van der Waals surface area contributed by atoms with Gasteiger partial charge in [0.1, 0.15) is 24.3 Å². The third-order valence-electron chi connectivity index (χ3n) is 2.72. The van der Waals surface area contributed by atoms with Crippen LogP contribution in [0.3, 0.4) is 0 Å². The topological polar surface area (TPSA) is 66.0 Å². The zero-order valence-electron chi connectivity index (χ0n) is 12.6. The lowest BCUT2D eigenvalue weighted by atomic mass is 10.0. The Labute approximate surface area is 131 Å². The second kappa shape index (κ2) is 9.05. The summed E-state index contributed by atoms with van der Waals surface area (Å²) in [4.78, 5) is 0. The van der Waals surface area contributed by atoms with Crippen LogP contribution in [-0.4, -0.2) is 13.2 Å². The van der Waals surface area contributed by atoms with Crippen molar-refractivity contribution in [2.75, 3.05) is 13.2 Å². The van der Waals surface area contributed by atoms with E-state index in [-0.39, 0.29) is 5.57 Å². The molecule has 1 aromatic rings. The second-order valence-electron chi connectivity index (χ2n) is 4.31. The maximum Gasteiger partial charge on any atom is 0.165 e. The van der Waals surface area contributed by atoms with E-state index < -0.39 is 0 Å². The van der Waals surface area contributed by atoms with Crippen LogP contribution in [0.15, 0.2) is 43.0 Å². The molecule has 0 heterocycles. The van der Waals surface area contributed by atoms with Gasteiger partial charge in [0.2, 0.25) is 0 Å². The fourth-order valence-corrected chi connectivity index (χ4v) is 1.90. The molecule has 1 rings (SSSR count). The Hall–Kier alpha value is -2.98. The van der Waals surface area contributed by atoms with Crippen LogP contribution in [0.25, 0.3) is 6.08 Å². The van der Waals surface area contributed by atoms with Gasteiger partial charge in [0, 0.05) is 5.56 Å². The summed E-state index contributed by atoms with van der Waals surface area (Å²) in [7, 11) is 0. The number of ether oxygens (including phenoxy) is 2. The Morgan fingerprint density at radius 3 is 2.45 bits per heavy atom. The van der Waals surface area contributed by atoms with Crippen molar-refractivity contribution in [2.24, 2.45) is 0 Å². The van der Waals surface area contributed by atoms with E-state index >= 15 is 0 Å². The summed E-state index contributed by atoms with van der Waals surface area (Å²) >= 11 is 0. The highest BCUT2D eigenvalue weighted by molar-refractivity contribution is 5.66. The smallest absolute Gasteiger partial charge is 0.165 e. The number of benzene rings is 1. The molecule has 22 heavy (non-hydrogen) atoms. The van der Waals surface area contributed by atoms with Crippen molar-refractivity contribution in [2.45, 2.75) is 13.3 Å². The number of hydrogen-bond donors (Lipinski definition) is 0. The number of nitriles is 2. The van der Waals surface area contributed by atoms with E-state index in [0.717, 1.165) is 5.56 Å². The molecule has 0 saturated carbocycles. The molecule has 0 aromatic heterocycles. The van der Waals surface area contributed by atoms with Gasteiger partial charge < -0.3 is 9.47 Å². The van der Waals surface area contributed by atoms with Crippen molar-refractivity contribution in [3.63, 3.8) is 0 Å². The first-order chi connectivity index (χ1) is 10.7. The van der Waals surface area contributed by atoms with E-state index in [4.69, 9.17) is 20.0 Å². The summed E-state index contributed by atoms with van der Waals surface area (Å²) < 4.78 is 11.3. The van der Waals surface area contributed by atoms with Gasteiger partial charge in [-0.2, -0.15) is 10.5 Å². The average molecular weight is 294 g/mol. The minimum absolute atomic E-state index is 0.0340. The van der Waals surface area contributed by atoms with Gasteiger partial charge in [-0.3, -0.25) is 0 Å². The van der Waals surface area contributed by atoms with Gasteiger partial charge in [-0.05, 0) is 37.1 Å². The summed E-state index contributed by atoms with van der Waals surface area (Å²) in [6.07, 6.45) is 5.52. The summed E-state index contributed by atoms with van der Waals surface area (Å²) in [6.45, 7) is 10.1. The molecule has 0 aliphatic carbocycles. The molecule has 1 aromatic carbocycles. The van der Waals surface area contributed by atoms with E-state index in [1.807, 2.05) is 25.1 Å². The molecule has 4 nitrogen and oxygen atoms in total. The van der Waals surface area contributed by atoms with Crippen LogP contribution in [0.4, 0.5) is 0 Å². The van der Waals surface area contributed by atoms with E-state index in [0.29, 0.717) is 36.7 Å². The van der Waals surface area contributed by atoms with E-state index in [1.165, 1.54) is 6.08 Å². The second-order valence-corrected chi connectivity index (χ2v) is 4.31. The molecule has 0 unspecified atom stereocenters. The number of rotatable bonds is 8. The van der Waals surface area contributed by atoms with Crippen LogP contribution in [0.2, 0.25) is 0 Å². The number of allylic oxidation sites excluding steroid dienone is 2. The largest absolute Gasteiger partial charge is 0.490 e. The Morgan fingerprint density at radius 2 is 1.91 bits per heavy atom. The van der Waals surface area contributed by atoms with Crippen LogP contribution < -0.4 is 9.47 Å². The van der Waals surface area contributed by atoms with Crippen molar-refractivity contribution < 1.29 is 9.47 Å². The number of hydrogen-bond acceptors (Lipinski definition) is 4. The predicted octanol–water partition coefficient (Wildman–Crippen LogP) is 3.81. The van der Waals surface area contributed by atoms with Crippen molar-refractivity contribution in [3.8, 4) is 23.6 Å². The van der Waals surface area contributed by atoms with Crippen LogP contribution in [-0.2, 0) is 6.42 Å². The molecule has 0 saturated heterocycles. The van der Waals surface area contributed by atoms with E-state index in [1.54, 1.807) is 18.2 Å². The van der Waals surface area contributed by atoms with Crippen LogP contribution in [0.5, 0.6) is 11.5 Å². The normalized spacial score (nSPS) is 9.05. The molecule has 0 N–H and O–H groups in total. The lowest BCUT2D eigenvalue weighted by Gasteiger charge is -2.16. The Balaban J connectivity index is 3.42. The molecule has 0 atom stereocenters. The SMILES string of the molecule is C=CCOc1c(CC=C)cc(C=C(C#N)C#N)cc1OCC. The first-order valence-electron chi connectivity index (χ1n) is 6.86. The first kappa shape index (κ1) is 17.1. The Bertz CT molecular complexity index is 645. The van der Waals surface area contributed by atoms with Gasteiger partial charge in [-0.25, -0.2) is 0 Å². The van der Waals surface area contributed by atoms with Crippen molar-refractivity contribution in [3.05, 3.63) is 54.1 Å². The standard InChI is InChI=1S/C18H18N2O2/c1-4-7-16-10-14(9-15(12-19)13-20)11-17(21-6-3)18(16)22-8-5-2/h4-5,9-11H,1-2,6-8H2,3H3. The van der Waals surface area contributed by atoms with Gasteiger partial charge in [-0.15, -0.1) is 6.58 Å². The molecule has 0 bridgehead atoms. The summed E-state index contributed by atoms with van der Waals surface area (Å²) in [5, 5.41) is 17.8. The Kier molecular flexibility index (Phi) is 7.02. The first-order valence-corrected chi connectivity index (χ1v) is 6.86. The molecule has 0 radical (unpaired) electrons. The highest BCUT2D eigenvalue weighted by Gasteiger charge is 2.12. The van der Waals surface area contributed by atoms with Crippen LogP contribution in [0.1, 0.15) is 18.1 Å². The highest BCUT2D eigenvalue weighted by atomic mass is 16.5. The lowest BCUT2D eigenvalue weighted by Crippen LogP contribution is -2.03. The maximum absolute atomic E-state index is 8.88. The molecule has 0 aliphatic rings. The van der Waals surface area contributed by atoms with Gasteiger partial charge in [0.15, 0.2) is 11.5 Å². The molecule has 112 valence electrons. The fraction of sp³-hybridized carbons (Fsp3) is 0.222. The minimum Gasteiger partial charge on any atom is -0.490 e. The lowest BCUT2D eigenvalue weighted by molar-refractivity contribution is 0.295. The van der Waals surface area contributed by atoms with Crippen molar-refractivity contribution >= 4 is 6.08 Å². The molecular weight excluding hydrogens is 276 g/mol. The van der Waals surface area contributed by atoms with Gasteiger partial charge in [0.05, 0.1) is 6.61 Å². The Morgan fingerprint density at radius 1 is 1.18 bits per heavy atom. The monoisotopic (exact) mass is 294 g/mol. The maximum atomic E-state index is 8.88. The van der Waals surface area contributed by atoms with Gasteiger partial charge in [0.25, 0.3) is 0 Å². The highest BCUT2D eigenvalue weighted by Crippen LogP contribution is 2.34. The summed E-state index contributed by atoms with van der Waals surface area (Å²) in [5.41, 5.74) is 1.63. The van der Waals surface area contributed by atoms with E-state index in [2.05, 4.69) is 13.2 Å². The van der Waals surface area contributed by atoms with Gasteiger partial charge in [-0.1, -0.05) is 18.7 Å². The number of nitrogens with zero attached hydrogens (tertiary/aromatic N) is 2. The third-order valence-corrected chi connectivity index (χ3v) is 2.72. The zero-order chi connectivity index (χ0) is 16.4. The molecule has 4 heteroatoms. The van der Waals surface area contributed by atoms with Crippen molar-refractivity contribution in [1.82, 2.24) is 0 Å². The van der Waals surface area contributed by atoms with Crippen molar-refractivity contribution in [1.29, 1.82) is 10.5 Å². The fourth-order valence-electron chi connectivity index (χ4n) is 1.90. The quantitative estimate of drug-likeness (QED) is 0.540. The third kappa shape index (κ3) is 4.54. The van der Waals surface area contributed by atoms with E-state index in [9.17, 15) is 0 Å². The molecule has 0 aliphatic heterocycles. The van der Waals surface area contributed by atoms with Gasteiger partial charge >= 0.3 is 0 Å². The predicted molar refractivity (Wildman–Crippen MR) is 86.4 cm³/mol. The summed E-state index contributed by atoms with van der Waals surface area (Å²) in [6, 6.07) is 7.30. The summed E-state index contributed by atoms with van der Waals surface area (Å²) in [5.74, 6) is 1.21. The molecule has 0 fully saturated rings. The van der Waals surface area contributed by atoms with Crippen LogP contribution in [0, 0.1) is 22.7 Å². The molecule has 0 spiro atoms.